The van der Waals surface area contributed by atoms with E-state index >= 15 is 0 Å². The summed E-state index contributed by atoms with van der Waals surface area (Å²) in [6.07, 6.45) is 2.35. The number of rotatable bonds is 8. The van der Waals surface area contributed by atoms with E-state index in [1.165, 1.54) is 17.5 Å². The zero-order valence-electron chi connectivity index (χ0n) is 12.2. The van der Waals surface area contributed by atoms with Crippen molar-refractivity contribution < 1.29 is 4.74 Å². The van der Waals surface area contributed by atoms with Crippen molar-refractivity contribution in [2.75, 3.05) is 13.7 Å². The van der Waals surface area contributed by atoms with Gasteiger partial charge in [0.15, 0.2) is 0 Å². The van der Waals surface area contributed by atoms with Crippen molar-refractivity contribution in [3.8, 4) is 0 Å². The van der Waals surface area contributed by atoms with Gasteiger partial charge in [-0.15, -0.1) is 0 Å². The first kappa shape index (κ1) is 15.2. The second kappa shape index (κ2) is 8.28. The third-order valence-electron chi connectivity index (χ3n) is 3.25. The smallest absolute Gasteiger partial charge is 0.0615 e. The molecule has 0 aromatic heterocycles. The highest BCUT2D eigenvalue weighted by Gasteiger charge is 2.06. The number of benzene rings is 1. The quantitative estimate of drug-likeness (QED) is 0.758. The fourth-order valence-corrected chi connectivity index (χ4v) is 2.08. The predicted octanol–water partition coefficient (Wildman–Crippen LogP) is 3.71. The Morgan fingerprint density at radius 1 is 1.17 bits per heavy atom. The second-order valence-electron chi connectivity index (χ2n) is 5.22. The van der Waals surface area contributed by atoms with Gasteiger partial charge in [-0.1, -0.05) is 51.5 Å². The molecule has 2 heteroatoms. The highest BCUT2D eigenvalue weighted by Crippen LogP contribution is 2.14. The van der Waals surface area contributed by atoms with Gasteiger partial charge in [0, 0.05) is 19.7 Å². The van der Waals surface area contributed by atoms with Gasteiger partial charge >= 0.3 is 0 Å². The van der Waals surface area contributed by atoms with Crippen LogP contribution in [0.3, 0.4) is 0 Å². The van der Waals surface area contributed by atoms with Crippen molar-refractivity contribution in [2.45, 2.75) is 52.1 Å². The van der Waals surface area contributed by atoms with Crippen molar-refractivity contribution in [1.82, 2.24) is 5.32 Å². The molecular formula is C16H27NO. The van der Waals surface area contributed by atoms with E-state index in [0.29, 0.717) is 12.0 Å². The topological polar surface area (TPSA) is 21.3 Å². The Labute approximate surface area is 112 Å². The molecular weight excluding hydrogens is 222 g/mol. The van der Waals surface area contributed by atoms with Crippen LogP contribution in [0.1, 0.15) is 50.7 Å². The Hall–Kier alpha value is -0.860. The molecule has 0 bridgehead atoms. The summed E-state index contributed by atoms with van der Waals surface area (Å²) in [4.78, 5) is 0. The highest BCUT2D eigenvalue weighted by atomic mass is 16.5. The minimum atomic E-state index is 0.463. The number of hydrogen-bond donors (Lipinski definition) is 1. The van der Waals surface area contributed by atoms with Crippen molar-refractivity contribution in [3.05, 3.63) is 35.4 Å². The molecule has 0 aliphatic heterocycles. The zero-order valence-corrected chi connectivity index (χ0v) is 12.2. The molecule has 0 amide bonds. The van der Waals surface area contributed by atoms with Gasteiger partial charge < -0.3 is 10.1 Å². The lowest BCUT2D eigenvalue weighted by atomic mass is 10.0. The molecule has 2 nitrogen and oxygen atoms in total. The molecule has 0 heterocycles. The largest absolute Gasteiger partial charge is 0.383 e. The molecule has 18 heavy (non-hydrogen) atoms. The molecule has 1 aromatic rings. The molecule has 1 unspecified atom stereocenters. The fourth-order valence-electron chi connectivity index (χ4n) is 2.08. The van der Waals surface area contributed by atoms with Crippen LogP contribution in [0.5, 0.6) is 0 Å². The van der Waals surface area contributed by atoms with Crippen LogP contribution in [0.15, 0.2) is 24.3 Å². The van der Waals surface area contributed by atoms with Gasteiger partial charge in [-0.05, 0) is 23.5 Å². The molecule has 0 aliphatic carbocycles. The molecule has 1 N–H and O–H groups in total. The number of methoxy groups -OCH3 is 1. The van der Waals surface area contributed by atoms with Crippen molar-refractivity contribution in [1.29, 1.82) is 0 Å². The van der Waals surface area contributed by atoms with E-state index in [2.05, 4.69) is 50.4 Å². The van der Waals surface area contributed by atoms with Crippen LogP contribution in [0, 0.1) is 0 Å². The average Bonchev–Trinajstić information content (AvgIpc) is 2.37. The average molecular weight is 249 g/mol. The van der Waals surface area contributed by atoms with Gasteiger partial charge in [0.2, 0.25) is 0 Å². The summed E-state index contributed by atoms with van der Waals surface area (Å²) in [6, 6.07) is 9.36. The highest BCUT2D eigenvalue weighted by molar-refractivity contribution is 5.24. The molecule has 1 aromatic carbocycles. The Morgan fingerprint density at radius 2 is 1.83 bits per heavy atom. The lowest BCUT2D eigenvalue weighted by molar-refractivity contribution is 0.161. The molecule has 102 valence electrons. The van der Waals surface area contributed by atoms with E-state index in [-0.39, 0.29) is 0 Å². The SMILES string of the molecule is CCCC(COC)NCc1ccc(C(C)C)cc1. The summed E-state index contributed by atoms with van der Waals surface area (Å²) in [6.45, 7) is 8.37. The predicted molar refractivity (Wildman–Crippen MR) is 77.9 cm³/mol. The standard InChI is InChI=1S/C16H27NO/c1-5-6-16(12-18-4)17-11-14-7-9-15(10-8-14)13(2)3/h7-10,13,16-17H,5-6,11-12H2,1-4H3. The second-order valence-corrected chi connectivity index (χ2v) is 5.22. The molecule has 1 atom stereocenters. The van der Waals surface area contributed by atoms with Crippen LogP contribution in [-0.4, -0.2) is 19.8 Å². The number of hydrogen-bond acceptors (Lipinski definition) is 2. The number of ether oxygens (including phenoxy) is 1. The molecule has 0 saturated heterocycles. The van der Waals surface area contributed by atoms with Crippen molar-refractivity contribution in [3.63, 3.8) is 0 Å². The summed E-state index contributed by atoms with van der Waals surface area (Å²) in [5, 5.41) is 3.56. The minimum Gasteiger partial charge on any atom is -0.383 e. The van der Waals surface area contributed by atoms with Gasteiger partial charge in [-0.3, -0.25) is 0 Å². The molecule has 0 saturated carbocycles. The minimum absolute atomic E-state index is 0.463. The lowest BCUT2D eigenvalue weighted by Gasteiger charge is -2.17. The van der Waals surface area contributed by atoms with Crippen LogP contribution in [0.25, 0.3) is 0 Å². The lowest BCUT2D eigenvalue weighted by Crippen LogP contribution is -2.32. The fraction of sp³-hybridized carbons (Fsp3) is 0.625. The molecule has 0 spiro atoms. The maximum Gasteiger partial charge on any atom is 0.0615 e. The summed E-state index contributed by atoms with van der Waals surface area (Å²) in [5.74, 6) is 0.605. The van der Waals surface area contributed by atoms with Gasteiger partial charge in [0.1, 0.15) is 0 Å². The number of nitrogens with one attached hydrogen (secondary N) is 1. The van der Waals surface area contributed by atoms with Gasteiger partial charge in [-0.25, -0.2) is 0 Å². The van der Waals surface area contributed by atoms with Gasteiger partial charge in [0.25, 0.3) is 0 Å². The summed E-state index contributed by atoms with van der Waals surface area (Å²) in [7, 11) is 1.77. The zero-order chi connectivity index (χ0) is 13.4. The molecule has 0 aliphatic rings. The van der Waals surface area contributed by atoms with Gasteiger partial charge in [-0.2, -0.15) is 0 Å². The van der Waals surface area contributed by atoms with E-state index in [9.17, 15) is 0 Å². The van der Waals surface area contributed by atoms with Crippen LogP contribution < -0.4 is 5.32 Å². The van der Waals surface area contributed by atoms with Crippen LogP contribution in [0.2, 0.25) is 0 Å². The van der Waals surface area contributed by atoms with E-state index in [1.54, 1.807) is 7.11 Å². The molecule has 1 rings (SSSR count). The summed E-state index contributed by atoms with van der Waals surface area (Å²) < 4.78 is 5.23. The third kappa shape index (κ3) is 5.19. The Kier molecular flexibility index (Phi) is 6.99. The summed E-state index contributed by atoms with van der Waals surface area (Å²) in [5.41, 5.74) is 2.75. The van der Waals surface area contributed by atoms with Gasteiger partial charge in [0.05, 0.1) is 6.61 Å². The first-order valence-corrected chi connectivity index (χ1v) is 6.98. The first-order valence-electron chi connectivity index (χ1n) is 6.98. The normalized spacial score (nSPS) is 12.9. The van der Waals surface area contributed by atoms with Crippen LogP contribution in [-0.2, 0) is 11.3 Å². The van der Waals surface area contributed by atoms with Crippen molar-refractivity contribution >= 4 is 0 Å². The Bertz CT molecular complexity index is 312. The molecule has 0 fully saturated rings. The van der Waals surface area contributed by atoms with E-state index < -0.39 is 0 Å². The van der Waals surface area contributed by atoms with Crippen LogP contribution in [0.4, 0.5) is 0 Å². The Balaban J connectivity index is 2.46. The summed E-state index contributed by atoms with van der Waals surface area (Å²) >= 11 is 0. The van der Waals surface area contributed by atoms with Crippen molar-refractivity contribution in [2.24, 2.45) is 0 Å². The first-order chi connectivity index (χ1) is 8.67. The Morgan fingerprint density at radius 3 is 2.33 bits per heavy atom. The maximum absolute atomic E-state index is 5.23. The van der Waals surface area contributed by atoms with E-state index in [1.807, 2.05) is 0 Å². The molecule has 0 radical (unpaired) electrons. The van der Waals surface area contributed by atoms with E-state index in [0.717, 1.165) is 19.6 Å². The third-order valence-corrected chi connectivity index (χ3v) is 3.25. The monoisotopic (exact) mass is 249 g/mol. The van der Waals surface area contributed by atoms with E-state index in [4.69, 9.17) is 4.74 Å². The maximum atomic E-state index is 5.23. The van der Waals surface area contributed by atoms with Crippen LogP contribution >= 0.6 is 0 Å².